The van der Waals surface area contributed by atoms with Gasteiger partial charge in [-0.15, -0.1) is 11.3 Å². The monoisotopic (exact) mass is 557 g/mol. The molecule has 2 heteroatoms. The van der Waals surface area contributed by atoms with Crippen LogP contribution in [0, 0.1) is 19.3 Å². The van der Waals surface area contributed by atoms with E-state index in [2.05, 4.69) is 135 Å². The maximum absolute atomic E-state index is 8.18. The number of benzene rings is 6. The fourth-order valence-corrected chi connectivity index (χ4v) is 7.63. The van der Waals surface area contributed by atoms with Gasteiger partial charge in [-0.25, -0.2) is 0 Å². The molecule has 0 saturated carbocycles. The van der Waals surface area contributed by atoms with Gasteiger partial charge in [-0.05, 0) is 88.0 Å². The summed E-state index contributed by atoms with van der Waals surface area (Å²) in [7, 11) is 0. The number of hydrogen-bond donors (Lipinski definition) is 1. The Kier molecular flexibility index (Phi) is 6.57. The maximum Gasteiger partial charge on any atom is 0.0434 e. The van der Waals surface area contributed by atoms with Crippen molar-refractivity contribution in [3.8, 4) is 44.5 Å². The summed E-state index contributed by atoms with van der Waals surface area (Å²) in [4.78, 5) is 0. The average Bonchev–Trinajstić information content (AvgIpc) is 3.41. The van der Waals surface area contributed by atoms with E-state index >= 15 is 0 Å². The van der Waals surface area contributed by atoms with E-state index in [4.69, 9.17) is 5.41 Å². The Morgan fingerprint density at radius 3 is 1.86 bits per heavy atom. The van der Waals surface area contributed by atoms with Crippen molar-refractivity contribution in [3.05, 3.63) is 144 Å². The van der Waals surface area contributed by atoms with Crippen LogP contribution in [0.15, 0.2) is 127 Å². The minimum atomic E-state index is 0.580. The lowest BCUT2D eigenvalue weighted by molar-refractivity contribution is 1.40. The second-order valence-corrected chi connectivity index (χ2v) is 12.0. The summed E-state index contributed by atoms with van der Waals surface area (Å²) < 4.78 is 2.66. The van der Waals surface area contributed by atoms with Gasteiger partial charge in [-0.2, -0.15) is 0 Å². The Morgan fingerprint density at radius 2 is 1.10 bits per heavy atom. The fraction of sp³-hybridized carbons (Fsp3) is 0.0750. The third-order valence-electron chi connectivity index (χ3n) is 8.38. The second kappa shape index (κ2) is 10.6. The molecule has 0 aliphatic heterocycles. The van der Waals surface area contributed by atoms with Crippen molar-refractivity contribution in [2.75, 3.05) is 0 Å². The highest BCUT2D eigenvalue weighted by atomic mass is 32.1. The molecule has 1 heterocycles. The summed E-state index contributed by atoms with van der Waals surface area (Å²) in [6, 6.07) is 45.8. The number of nitrogens with one attached hydrogen (secondary N) is 1. The molecule has 0 bridgehead atoms. The Labute approximate surface area is 251 Å². The first-order valence-corrected chi connectivity index (χ1v) is 15.2. The molecule has 0 amide bonds. The van der Waals surface area contributed by atoms with Crippen LogP contribution in [0.2, 0.25) is 0 Å². The molecule has 0 spiro atoms. The molecule has 202 valence electrons. The lowest BCUT2D eigenvalue weighted by Gasteiger charge is -2.18. The molecule has 0 aliphatic rings. The molecule has 1 nitrogen and oxygen atoms in total. The van der Waals surface area contributed by atoms with Crippen LogP contribution in [-0.2, 0) is 0 Å². The van der Waals surface area contributed by atoms with E-state index in [9.17, 15) is 0 Å². The van der Waals surface area contributed by atoms with Crippen LogP contribution >= 0.6 is 11.3 Å². The molecule has 0 radical (unpaired) electrons. The van der Waals surface area contributed by atoms with Gasteiger partial charge >= 0.3 is 0 Å². The van der Waals surface area contributed by atoms with Crippen molar-refractivity contribution >= 4 is 37.2 Å². The Morgan fingerprint density at radius 1 is 0.524 bits per heavy atom. The largest absolute Gasteiger partial charge is 0.305 e. The van der Waals surface area contributed by atoms with Crippen LogP contribution in [-0.4, -0.2) is 5.71 Å². The van der Waals surface area contributed by atoms with Crippen LogP contribution in [0.4, 0.5) is 0 Å². The van der Waals surface area contributed by atoms with Crippen LogP contribution in [0.5, 0.6) is 0 Å². The van der Waals surface area contributed by atoms with Gasteiger partial charge in [0.1, 0.15) is 0 Å². The van der Waals surface area contributed by atoms with Crippen LogP contribution < -0.4 is 0 Å². The standard InChI is InChI=1S/C40H31NS/c1-25-12-7-19-33(30-16-8-15-29(24-30)27(3)41)38(25)32-18-9-17-31(26(32)2)35-21-11-23-37-36-22-10-20-34(39(36)42-40(35)37)28-13-5-4-6-14-28/h4-24,41H,1-3H3. The number of aryl methyl sites for hydroxylation is 1. The van der Waals surface area contributed by atoms with Gasteiger partial charge in [0, 0.05) is 25.9 Å². The predicted molar refractivity (Wildman–Crippen MR) is 183 cm³/mol. The quantitative estimate of drug-likeness (QED) is 0.204. The van der Waals surface area contributed by atoms with Gasteiger partial charge in [0.2, 0.25) is 0 Å². The SMILES string of the molecule is CC(=N)c1cccc(-c2cccc(C)c2-c2cccc(-c3cccc4c3sc3c(-c5ccccc5)cccc34)c2C)c1. The van der Waals surface area contributed by atoms with Gasteiger partial charge in [0.25, 0.3) is 0 Å². The number of thiophene rings is 1. The fourth-order valence-electron chi connectivity index (χ4n) is 6.26. The van der Waals surface area contributed by atoms with E-state index < -0.39 is 0 Å². The molecular weight excluding hydrogens is 527 g/mol. The molecule has 7 aromatic rings. The van der Waals surface area contributed by atoms with Crippen LogP contribution in [0.25, 0.3) is 64.7 Å². The lowest BCUT2D eigenvalue weighted by atomic mass is 9.86. The van der Waals surface area contributed by atoms with E-state index in [-0.39, 0.29) is 0 Å². The first kappa shape index (κ1) is 26.1. The summed E-state index contributed by atoms with van der Waals surface area (Å²) in [6.45, 7) is 6.32. The van der Waals surface area contributed by atoms with Crippen molar-refractivity contribution in [1.82, 2.24) is 0 Å². The molecule has 0 aliphatic carbocycles. The van der Waals surface area contributed by atoms with Crippen molar-refractivity contribution in [2.24, 2.45) is 0 Å². The summed E-state index contributed by atoms with van der Waals surface area (Å²) in [6.07, 6.45) is 0. The van der Waals surface area contributed by atoms with E-state index in [1.54, 1.807) is 0 Å². The number of hydrogen-bond acceptors (Lipinski definition) is 2. The highest BCUT2D eigenvalue weighted by Gasteiger charge is 2.18. The van der Waals surface area contributed by atoms with Crippen molar-refractivity contribution in [3.63, 3.8) is 0 Å². The normalized spacial score (nSPS) is 11.3. The molecular formula is C40H31NS. The van der Waals surface area contributed by atoms with Crippen molar-refractivity contribution in [2.45, 2.75) is 20.8 Å². The zero-order valence-electron chi connectivity index (χ0n) is 24.0. The Bertz CT molecular complexity index is 2130. The smallest absolute Gasteiger partial charge is 0.0434 e. The highest BCUT2D eigenvalue weighted by Crippen LogP contribution is 2.46. The van der Waals surface area contributed by atoms with Crippen molar-refractivity contribution in [1.29, 1.82) is 5.41 Å². The Balaban J connectivity index is 1.43. The van der Waals surface area contributed by atoms with E-state index in [1.807, 2.05) is 24.3 Å². The minimum absolute atomic E-state index is 0.580. The zero-order chi connectivity index (χ0) is 28.8. The summed E-state index contributed by atoms with van der Waals surface area (Å²) >= 11 is 1.90. The summed E-state index contributed by atoms with van der Waals surface area (Å²) in [5, 5.41) is 10.8. The molecule has 0 unspecified atom stereocenters. The molecule has 0 atom stereocenters. The lowest BCUT2D eigenvalue weighted by Crippen LogP contribution is -1.96. The zero-order valence-corrected chi connectivity index (χ0v) is 24.8. The van der Waals surface area contributed by atoms with E-state index in [0.29, 0.717) is 5.71 Å². The minimum Gasteiger partial charge on any atom is -0.305 e. The van der Waals surface area contributed by atoms with E-state index in [0.717, 1.165) is 11.1 Å². The molecule has 7 rings (SSSR count). The summed E-state index contributed by atoms with van der Waals surface area (Å²) in [5.41, 5.74) is 14.0. The molecule has 1 aromatic heterocycles. The summed E-state index contributed by atoms with van der Waals surface area (Å²) in [5.74, 6) is 0. The van der Waals surface area contributed by atoms with Gasteiger partial charge < -0.3 is 5.41 Å². The molecule has 1 N–H and O–H groups in total. The third-order valence-corrected chi connectivity index (χ3v) is 9.67. The second-order valence-electron chi connectivity index (χ2n) is 11.0. The van der Waals surface area contributed by atoms with Crippen LogP contribution in [0.1, 0.15) is 23.6 Å². The van der Waals surface area contributed by atoms with Crippen molar-refractivity contribution < 1.29 is 0 Å². The number of rotatable bonds is 5. The van der Waals surface area contributed by atoms with Gasteiger partial charge in [0.05, 0.1) is 0 Å². The highest BCUT2D eigenvalue weighted by molar-refractivity contribution is 7.26. The van der Waals surface area contributed by atoms with Gasteiger partial charge in [-0.3, -0.25) is 0 Å². The molecule has 0 fully saturated rings. The number of fused-ring (bicyclic) bond motifs is 3. The third kappa shape index (κ3) is 4.36. The predicted octanol–water partition coefficient (Wildman–Crippen LogP) is 11.7. The Hall–Kier alpha value is -4.79. The molecule has 6 aromatic carbocycles. The van der Waals surface area contributed by atoms with Gasteiger partial charge in [-0.1, -0.05) is 121 Å². The molecule has 42 heavy (non-hydrogen) atoms. The topological polar surface area (TPSA) is 23.9 Å². The van der Waals surface area contributed by atoms with Crippen LogP contribution in [0.3, 0.4) is 0 Å². The average molecular weight is 558 g/mol. The maximum atomic E-state index is 8.18. The molecule has 0 saturated heterocycles. The first-order valence-electron chi connectivity index (χ1n) is 14.4. The van der Waals surface area contributed by atoms with Gasteiger partial charge in [0.15, 0.2) is 0 Å². The van der Waals surface area contributed by atoms with E-state index in [1.165, 1.54) is 70.2 Å². The first-order chi connectivity index (χ1) is 20.5.